The van der Waals surface area contributed by atoms with Crippen molar-refractivity contribution in [2.75, 3.05) is 7.11 Å². The average Bonchev–Trinajstić information content (AvgIpc) is 2.94. The van der Waals surface area contributed by atoms with Crippen LogP contribution in [0, 0.1) is 6.92 Å². The van der Waals surface area contributed by atoms with Gasteiger partial charge in [-0.15, -0.1) is 0 Å². The molecule has 7 heteroatoms. The summed E-state index contributed by atoms with van der Waals surface area (Å²) in [5, 5.41) is 3.14. The van der Waals surface area contributed by atoms with Gasteiger partial charge < -0.3 is 10.1 Å². The highest BCUT2D eigenvalue weighted by Gasteiger charge is 2.24. The van der Waals surface area contributed by atoms with E-state index in [2.05, 4.69) is 25.3 Å². The van der Waals surface area contributed by atoms with E-state index in [1.807, 2.05) is 6.92 Å². The lowest BCUT2D eigenvalue weighted by molar-refractivity contribution is 0.0592. The Bertz CT molecular complexity index is 669. The molecular weight excluding hydrogens is 258 g/mol. The van der Waals surface area contributed by atoms with Crippen LogP contribution in [0.25, 0.3) is 11.6 Å². The zero-order chi connectivity index (χ0) is 14.1. The van der Waals surface area contributed by atoms with Crippen molar-refractivity contribution < 1.29 is 9.53 Å². The normalized spacial score (nSPS) is 13.1. The van der Waals surface area contributed by atoms with Crippen molar-refractivity contribution >= 4 is 5.97 Å². The van der Waals surface area contributed by atoms with E-state index in [0.29, 0.717) is 24.7 Å². The predicted molar refractivity (Wildman–Crippen MR) is 69.7 cm³/mol. The quantitative estimate of drug-likeness (QED) is 0.801. The topological polar surface area (TPSA) is 89.9 Å². The van der Waals surface area contributed by atoms with Crippen LogP contribution in [0.2, 0.25) is 0 Å². The minimum absolute atomic E-state index is 0.279. The van der Waals surface area contributed by atoms with Crippen molar-refractivity contribution in [1.29, 1.82) is 0 Å². The Kier molecular flexibility index (Phi) is 3.11. The molecule has 0 unspecified atom stereocenters. The van der Waals surface area contributed by atoms with Crippen molar-refractivity contribution in [3.05, 3.63) is 34.9 Å². The number of hydrogen-bond acceptors (Lipinski definition) is 7. The van der Waals surface area contributed by atoms with Gasteiger partial charge in [0.25, 0.3) is 0 Å². The highest BCUT2D eigenvalue weighted by Crippen LogP contribution is 2.21. The van der Waals surface area contributed by atoms with Gasteiger partial charge in [0.15, 0.2) is 17.3 Å². The van der Waals surface area contributed by atoms with Gasteiger partial charge in [-0.1, -0.05) is 0 Å². The van der Waals surface area contributed by atoms with Gasteiger partial charge in [-0.05, 0) is 12.5 Å². The molecule has 3 heterocycles. The molecule has 1 N–H and O–H groups in total. The summed E-state index contributed by atoms with van der Waals surface area (Å²) >= 11 is 0. The molecule has 2 aromatic rings. The van der Waals surface area contributed by atoms with Gasteiger partial charge in [-0.25, -0.2) is 24.7 Å². The highest BCUT2D eigenvalue weighted by molar-refractivity contribution is 5.89. The molecule has 3 rings (SSSR count). The van der Waals surface area contributed by atoms with Crippen LogP contribution in [-0.2, 0) is 17.8 Å². The molecule has 0 aliphatic carbocycles. The van der Waals surface area contributed by atoms with Crippen molar-refractivity contribution in [1.82, 2.24) is 25.3 Å². The van der Waals surface area contributed by atoms with Crippen LogP contribution in [0.3, 0.4) is 0 Å². The first-order valence-electron chi connectivity index (χ1n) is 6.17. The summed E-state index contributed by atoms with van der Waals surface area (Å²) < 4.78 is 4.77. The summed E-state index contributed by atoms with van der Waals surface area (Å²) in [6.45, 7) is 3.06. The number of ether oxygens (including phenoxy) is 1. The van der Waals surface area contributed by atoms with E-state index in [9.17, 15) is 4.79 Å². The smallest absolute Gasteiger partial charge is 0.357 e. The molecule has 0 spiro atoms. The lowest BCUT2D eigenvalue weighted by atomic mass is 10.2. The molecule has 0 amide bonds. The number of fused-ring (bicyclic) bond motifs is 1. The van der Waals surface area contributed by atoms with Gasteiger partial charge in [0.2, 0.25) is 0 Å². The second kappa shape index (κ2) is 4.93. The maximum atomic E-state index is 11.8. The zero-order valence-corrected chi connectivity index (χ0v) is 11.2. The maximum Gasteiger partial charge on any atom is 0.357 e. The maximum absolute atomic E-state index is 11.8. The molecule has 20 heavy (non-hydrogen) atoms. The van der Waals surface area contributed by atoms with E-state index in [1.54, 1.807) is 12.4 Å². The number of nitrogens with zero attached hydrogens (tertiary/aromatic N) is 4. The summed E-state index contributed by atoms with van der Waals surface area (Å²) in [6, 6.07) is 0. The van der Waals surface area contributed by atoms with Gasteiger partial charge in [0.1, 0.15) is 0 Å². The van der Waals surface area contributed by atoms with Crippen LogP contribution < -0.4 is 5.32 Å². The van der Waals surface area contributed by atoms with E-state index in [4.69, 9.17) is 4.74 Å². The molecule has 0 bridgehead atoms. The molecule has 7 nitrogen and oxygen atoms in total. The number of nitrogens with one attached hydrogen (secondary N) is 1. The van der Waals surface area contributed by atoms with Crippen LogP contribution in [-0.4, -0.2) is 33.0 Å². The van der Waals surface area contributed by atoms with Gasteiger partial charge in [0, 0.05) is 31.0 Å². The minimum atomic E-state index is -0.472. The Hall–Kier alpha value is -2.41. The first kappa shape index (κ1) is 12.6. The third-order valence-corrected chi connectivity index (χ3v) is 3.05. The lowest BCUT2D eigenvalue weighted by Crippen LogP contribution is -2.12. The lowest BCUT2D eigenvalue weighted by Gasteiger charge is -2.07. The molecule has 0 fully saturated rings. The predicted octanol–water partition coefficient (Wildman–Crippen LogP) is 0.632. The SMILES string of the molecule is COC(=O)c1nc(-c2ncc(C)cn2)nc2c1CNC2. The fourth-order valence-electron chi connectivity index (χ4n) is 2.04. The van der Waals surface area contributed by atoms with Crippen molar-refractivity contribution in [2.45, 2.75) is 20.0 Å². The third-order valence-electron chi connectivity index (χ3n) is 3.05. The Morgan fingerprint density at radius 2 is 1.95 bits per heavy atom. The summed E-state index contributed by atoms with van der Waals surface area (Å²) in [6.07, 6.45) is 3.38. The molecule has 0 saturated heterocycles. The van der Waals surface area contributed by atoms with Crippen LogP contribution in [0.5, 0.6) is 0 Å². The molecule has 0 saturated carbocycles. The van der Waals surface area contributed by atoms with Crippen molar-refractivity contribution in [3.63, 3.8) is 0 Å². The van der Waals surface area contributed by atoms with Gasteiger partial charge in [-0.3, -0.25) is 0 Å². The number of methoxy groups -OCH3 is 1. The first-order valence-corrected chi connectivity index (χ1v) is 6.17. The molecule has 102 valence electrons. The van der Waals surface area contributed by atoms with Crippen molar-refractivity contribution in [2.24, 2.45) is 0 Å². The van der Waals surface area contributed by atoms with E-state index in [0.717, 1.165) is 16.8 Å². The van der Waals surface area contributed by atoms with E-state index in [-0.39, 0.29) is 5.69 Å². The zero-order valence-electron chi connectivity index (χ0n) is 11.2. The van der Waals surface area contributed by atoms with Crippen molar-refractivity contribution in [3.8, 4) is 11.6 Å². The van der Waals surface area contributed by atoms with E-state index in [1.165, 1.54) is 7.11 Å². The summed E-state index contributed by atoms with van der Waals surface area (Å²) in [7, 11) is 1.33. The van der Waals surface area contributed by atoms with Gasteiger partial charge in [-0.2, -0.15) is 0 Å². The fraction of sp³-hybridized carbons (Fsp3) is 0.308. The van der Waals surface area contributed by atoms with Gasteiger partial charge in [0.05, 0.1) is 12.8 Å². The second-order valence-electron chi connectivity index (χ2n) is 4.50. The van der Waals surface area contributed by atoms with Crippen LogP contribution in [0.4, 0.5) is 0 Å². The Morgan fingerprint density at radius 3 is 2.65 bits per heavy atom. The number of rotatable bonds is 2. The van der Waals surface area contributed by atoms with E-state index >= 15 is 0 Å². The minimum Gasteiger partial charge on any atom is -0.464 e. The molecular formula is C13H13N5O2. The summed E-state index contributed by atoms with van der Waals surface area (Å²) in [5.41, 5.74) is 2.80. The van der Waals surface area contributed by atoms with Crippen LogP contribution >= 0.6 is 0 Å². The number of aryl methyl sites for hydroxylation is 1. The monoisotopic (exact) mass is 271 g/mol. The van der Waals surface area contributed by atoms with E-state index < -0.39 is 5.97 Å². The number of hydrogen-bond donors (Lipinski definition) is 1. The number of carbonyl (C=O) groups excluding carboxylic acids is 1. The molecule has 1 aliphatic rings. The molecule has 1 aliphatic heterocycles. The standard InChI is InChI=1S/C13H13N5O2/c1-7-3-15-11(16-4-7)12-17-9-6-14-5-8(9)10(18-12)13(19)20-2/h3-4,14H,5-6H2,1-2H3. The third kappa shape index (κ3) is 2.12. The number of aromatic nitrogens is 4. The Balaban J connectivity index is 2.13. The first-order chi connectivity index (χ1) is 9.69. The fourth-order valence-corrected chi connectivity index (χ4v) is 2.04. The average molecular weight is 271 g/mol. The van der Waals surface area contributed by atoms with Crippen LogP contribution in [0.15, 0.2) is 12.4 Å². The van der Waals surface area contributed by atoms with Crippen LogP contribution in [0.1, 0.15) is 27.3 Å². The Morgan fingerprint density at radius 1 is 1.20 bits per heavy atom. The number of esters is 1. The van der Waals surface area contributed by atoms with Gasteiger partial charge >= 0.3 is 5.97 Å². The summed E-state index contributed by atoms with van der Waals surface area (Å²) in [5.74, 6) is 0.268. The highest BCUT2D eigenvalue weighted by atomic mass is 16.5. The second-order valence-corrected chi connectivity index (χ2v) is 4.50. The molecule has 0 atom stereocenters. The molecule has 2 aromatic heterocycles. The Labute approximate surface area is 115 Å². The largest absolute Gasteiger partial charge is 0.464 e. The molecule has 0 radical (unpaired) electrons. The molecule has 0 aromatic carbocycles. The summed E-state index contributed by atoms with van der Waals surface area (Å²) in [4.78, 5) is 28.9. The number of carbonyl (C=O) groups is 1.